The molecule has 1 aliphatic rings. The minimum atomic E-state index is 0.160. The van der Waals surface area contributed by atoms with E-state index in [1.807, 2.05) is 91.5 Å². The second kappa shape index (κ2) is 12.2. The average Bonchev–Trinajstić information content (AvgIpc) is 3.61. The summed E-state index contributed by atoms with van der Waals surface area (Å²) in [6.07, 6.45) is 24.6. The lowest BCUT2D eigenvalue weighted by atomic mass is 9.88. The maximum Gasteiger partial charge on any atom is 0.126 e. The number of rotatable bonds is 9. The molecule has 1 aliphatic carbocycles. The van der Waals surface area contributed by atoms with Crippen molar-refractivity contribution in [2.24, 2.45) is 15.0 Å². The van der Waals surface area contributed by atoms with Gasteiger partial charge in [0.15, 0.2) is 0 Å². The van der Waals surface area contributed by atoms with Crippen LogP contribution in [0.2, 0.25) is 0 Å². The number of allylic oxidation sites excluding steroid dienone is 3. The molecule has 4 rings (SSSR count). The van der Waals surface area contributed by atoms with E-state index in [1.165, 1.54) is 0 Å². The van der Waals surface area contributed by atoms with Crippen molar-refractivity contribution >= 4 is 36.9 Å². The van der Waals surface area contributed by atoms with Crippen LogP contribution in [0.5, 0.6) is 0 Å². The first kappa shape index (κ1) is 22.3. The van der Waals surface area contributed by atoms with Crippen molar-refractivity contribution in [3.05, 3.63) is 90.7 Å². The van der Waals surface area contributed by atoms with E-state index in [0.717, 1.165) is 36.5 Å². The first-order valence-corrected chi connectivity index (χ1v) is 11.1. The van der Waals surface area contributed by atoms with E-state index >= 15 is 0 Å². The van der Waals surface area contributed by atoms with Crippen molar-refractivity contribution in [2.75, 3.05) is 0 Å². The van der Waals surface area contributed by atoms with Gasteiger partial charge in [0.05, 0.1) is 36.9 Å². The van der Waals surface area contributed by atoms with Gasteiger partial charge in [0.25, 0.3) is 0 Å². The van der Waals surface area contributed by atoms with Crippen LogP contribution in [0.25, 0.3) is 18.2 Å². The standard InChI is InChI=1S/C27H27N3O3/c1(7-25-10-4-16-31-25)13-28-22-19-23(29-14-2-8-26-11-5-17-32-26)21-24(20-22)30-15-3-9-27-12-6-18-33-27/h1-18,22-24H,19-21H2/b7-1-,8-2?,9-3?,28-13?,29-14?,30-15?. The van der Waals surface area contributed by atoms with Crippen molar-refractivity contribution in [1.29, 1.82) is 0 Å². The van der Waals surface area contributed by atoms with Gasteiger partial charge in [0.1, 0.15) is 17.3 Å². The van der Waals surface area contributed by atoms with Crippen molar-refractivity contribution in [3.63, 3.8) is 0 Å². The summed E-state index contributed by atoms with van der Waals surface area (Å²) in [6, 6.07) is 11.8. The summed E-state index contributed by atoms with van der Waals surface area (Å²) in [5, 5.41) is 0. The predicted octanol–water partition coefficient (Wildman–Crippen LogP) is 6.41. The average molecular weight is 442 g/mol. The van der Waals surface area contributed by atoms with E-state index in [4.69, 9.17) is 28.2 Å². The van der Waals surface area contributed by atoms with Crippen molar-refractivity contribution in [1.82, 2.24) is 0 Å². The fraction of sp³-hybridized carbons (Fsp3) is 0.222. The molecule has 3 aromatic rings. The summed E-state index contributed by atoms with van der Waals surface area (Å²) in [4.78, 5) is 14.3. The fourth-order valence-electron chi connectivity index (χ4n) is 3.68. The monoisotopic (exact) mass is 441 g/mol. The SMILES string of the molecule is C(=Cc1ccco1)C=NC1CC(N=CC=Cc2ccco2)CC(N=C/C=C\c2ccco2)C1. The molecule has 3 aromatic heterocycles. The van der Waals surface area contributed by atoms with Gasteiger partial charge >= 0.3 is 0 Å². The molecule has 0 aliphatic heterocycles. The van der Waals surface area contributed by atoms with Crippen LogP contribution in [0, 0.1) is 0 Å². The number of hydrogen-bond donors (Lipinski definition) is 0. The quantitative estimate of drug-likeness (QED) is 0.360. The van der Waals surface area contributed by atoms with Gasteiger partial charge in [0.2, 0.25) is 0 Å². The summed E-state index contributed by atoms with van der Waals surface area (Å²) in [6.45, 7) is 0. The van der Waals surface area contributed by atoms with Gasteiger partial charge in [-0.05, 0) is 92.1 Å². The van der Waals surface area contributed by atoms with Gasteiger partial charge in [0, 0.05) is 18.6 Å². The Kier molecular flexibility index (Phi) is 8.23. The van der Waals surface area contributed by atoms with Crippen LogP contribution < -0.4 is 0 Å². The Labute approximate surface area is 193 Å². The summed E-state index contributed by atoms with van der Waals surface area (Å²) < 4.78 is 15.9. The van der Waals surface area contributed by atoms with E-state index in [0.29, 0.717) is 0 Å². The molecular formula is C27H27N3O3. The summed E-state index contributed by atoms with van der Waals surface area (Å²) in [7, 11) is 0. The number of furan rings is 3. The third kappa shape index (κ3) is 7.61. The Bertz CT molecular complexity index is 953. The minimum absolute atomic E-state index is 0.160. The van der Waals surface area contributed by atoms with Crippen molar-refractivity contribution in [3.8, 4) is 0 Å². The molecular weight excluding hydrogens is 414 g/mol. The van der Waals surface area contributed by atoms with Gasteiger partial charge in [-0.2, -0.15) is 0 Å². The molecule has 2 unspecified atom stereocenters. The largest absolute Gasteiger partial charge is 0.465 e. The normalized spacial score (nSPS) is 22.4. The minimum Gasteiger partial charge on any atom is -0.465 e. The molecule has 1 saturated carbocycles. The highest BCUT2D eigenvalue weighted by Gasteiger charge is 2.27. The third-order valence-electron chi connectivity index (χ3n) is 5.19. The predicted molar refractivity (Wildman–Crippen MR) is 134 cm³/mol. The van der Waals surface area contributed by atoms with Gasteiger partial charge in [-0.15, -0.1) is 0 Å². The molecule has 6 nitrogen and oxygen atoms in total. The van der Waals surface area contributed by atoms with Crippen LogP contribution in [-0.4, -0.2) is 36.8 Å². The summed E-state index contributed by atoms with van der Waals surface area (Å²) >= 11 is 0. The second-order valence-corrected chi connectivity index (χ2v) is 7.69. The van der Waals surface area contributed by atoms with E-state index in [2.05, 4.69) is 0 Å². The van der Waals surface area contributed by atoms with Gasteiger partial charge in [-0.3, -0.25) is 15.0 Å². The molecule has 0 saturated heterocycles. The lowest BCUT2D eigenvalue weighted by Gasteiger charge is -2.28. The number of aliphatic imine (C=N–C) groups is 3. The van der Waals surface area contributed by atoms with Gasteiger partial charge in [-0.25, -0.2) is 0 Å². The van der Waals surface area contributed by atoms with Crippen LogP contribution in [0.4, 0.5) is 0 Å². The molecule has 33 heavy (non-hydrogen) atoms. The first-order chi connectivity index (χ1) is 16.3. The van der Waals surface area contributed by atoms with Crippen LogP contribution >= 0.6 is 0 Å². The lowest BCUT2D eigenvalue weighted by molar-refractivity contribution is 0.358. The summed E-state index contributed by atoms with van der Waals surface area (Å²) in [5.41, 5.74) is 0. The van der Waals surface area contributed by atoms with Crippen molar-refractivity contribution in [2.45, 2.75) is 37.4 Å². The Hall–Kier alpha value is -3.93. The third-order valence-corrected chi connectivity index (χ3v) is 5.19. The van der Waals surface area contributed by atoms with Crippen molar-refractivity contribution < 1.29 is 13.3 Å². The van der Waals surface area contributed by atoms with Gasteiger partial charge < -0.3 is 13.3 Å². The number of nitrogens with zero attached hydrogens (tertiary/aromatic N) is 3. The molecule has 0 N–H and O–H groups in total. The Morgan fingerprint density at radius 1 is 0.545 bits per heavy atom. The maximum absolute atomic E-state index is 5.31. The fourth-order valence-corrected chi connectivity index (χ4v) is 3.68. The smallest absolute Gasteiger partial charge is 0.126 e. The highest BCUT2D eigenvalue weighted by atomic mass is 16.3. The highest BCUT2D eigenvalue weighted by Crippen LogP contribution is 2.26. The molecule has 0 amide bonds. The zero-order valence-electron chi connectivity index (χ0n) is 18.3. The molecule has 168 valence electrons. The van der Waals surface area contributed by atoms with E-state index in [-0.39, 0.29) is 18.1 Å². The van der Waals surface area contributed by atoms with E-state index in [9.17, 15) is 0 Å². The van der Waals surface area contributed by atoms with Gasteiger partial charge in [-0.1, -0.05) is 0 Å². The zero-order chi connectivity index (χ0) is 22.6. The zero-order valence-corrected chi connectivity index (χ0v) is 18.3. The Morgan fingerprint density at radius 3 is 1.15 bits per heavy atom. The molecule has 0 spiro atoms. The maximum atomic E-state index is 5.31. The Morgan fingerprint density at radius 2 is 0.879 bits per heavy atom. The van der Waals surface area contributed by atoms with Crippen LogP contribution in [0.15, 0.2) is 102 Å². The van der Waals surface area contributed by atoms with E-state index in [1.54, 1.807) is 18.8 Å². The molecule has 2 atom stereocenters. The molecule has 6 heteroatoms. The van der Waals surface area contributed by atoms with Crippen LogP contribution in [0.3, 0.4) is 0 Å². The van der Waals surface area contributed by atoms with Crippen LogP contribution in [-0.2, 0) is 0 Å². The topological polar surface area (TPSA) is 76.5 Å². The number of hydrogen-bond acceptors (Lipinski definition) is 6. The Balaban J connectivity index is 1.37. The second-order valence-electron chi connectivity index (χ2n) is 7.69. The molecule has 0 radical (unpaired) electrons. The molecule has 0 aromatic carbocycles. The lowest BCUT2D eigenvalue weighted by Crippen LogP contribution is -2.30. The molecule has 3 heterocycles. The van der Waals surface area contributed by atoms with E-state index < -0.39 is 0 Å². The first-order valence-electron chi connectivity index (χ1n) is 11.1. The molecule has 1 fully saturated rings. The summed E-state index contributed by atoms with van der Waals surface area (Å²) in [5.74, 6) is 2.42. The van der Waals surface area contributed by atoms with Crippen LogP contribution in [0.1, 0.15) is 36.5 Å². The highest BCUT2D eigenvalue weighted by molar-refractivity contribution is 5.79. The molecule has 0 bridgehead atoms.